The average molecular weight is 416 g/mol. The summed E-state index contributed by atoms with van der Waals surface area (Å²) in [7, 11) is -0.579. The van der Waals surface area contributed by atoms with Crippen LogP contribution in [0.5, 0.6) is 5.75 Å². The number of β-lactam (4-membered cyclic amide) rings is 1. The number of hydrogen-bond donors (Lipinski definition) is 0. The van der Waals surface area contributed by atoms with Gasteiger partial charge in [0.05, 0.1) is 13.4 Å². The summed E-state index contributed by atoms with van der Waals surface area (Å²) in [6, 6.07) is 11.1. The van der Waals surface area contributed by atoms with Crippen LogP contribution in [0, 0.1) is 0 Å². The van der Waals surface area contributed by atoms with Crippen molar-refractivity contribution in [3.8, 4) is 5.75 Å². The van der Waals surface area contributed by atoms with Gasteiger partial charge in [-0.05, 0) is 53.0 Å². The first-order valence-corrected chi connectivity index (χ1v) is 12.6. The van der Waals surface area contributed by atoms with Crippen LogP contribution in [-0.4, -0.2) is 27.4 Å². The molecule has 0 saturated carbocycles. The van der Waals surface area contributed by atoms with Crippen molar-refractivity contribution in [1.29, 1.82) is 0 Å². The van der Waals surface area contributed by atoms with Gasteiger partial charge in [-0.2, -0.15) is 0 Å². The van der Waals surface area contributed by atoms with Crippen molar-refractivity contribution in [3.63, 3.8) is 0 Å². The van der Waals surface area contributed by atoms with E-state index in [1.165, 1.54) is 0 Å². The molecule has 1 aromatic carbocycles. The molecule has 1 aromatic heterocycles. The lowest BCUT2D eigenvalue weighted by Gasteiger charge is -2.52. The molecule has 6 heteroatoms. The first-order valence-electron chi connectivity index (χ1n) is 10.4. The molecular weight excluding hydrogens is 382 g/mol. The van der Waals surface area contributed by atoms with Gasteiger partial charge in [-0.15, -0.1) is 0 Å². The Hall–Kier alpha value is -2.05. The van der Waals surface area contributed by atoms with E-state index in [9.17, 15) is 4.79 Å². The Bertz CT molecular complexity index is 792. The maximum Gasteiger partial charge on any atom is 0.258 e. The first kappa shape index (κ1) is 21.7. The quantitative estimate of drug-likeness (QED) is 0.396. The molecule has 5 nitrogen and oxygen atoms in total. The summed E-state index contributed by atoms with van der Waals surface area (Å²) >= 11 is 0. The summed E-state index contributed by atoms with van der Waals surface area (Å²) < 4.78 is 17.8. The van der Waals surface area contributed by atoms with Crippen molar-refractivity contribution < 1.29 is 18.4 Å². The lowest BCUT2D eigenvalue weighted by atomic mass is 9.94. The maximum absolute atomic E-state index is 13.3. The molecule has 29 heavy (non-hydrogen) atoms. The summed E-state index contributed by atoms with van der Waals surface area (Å²) in [4.78, 5) is 15.1. The Morgan fingerprint density at radius 2 is 1.55 bits per heavy atom. The van der Waals surface area contributed by atoms with Crippen LogP contribution in [0.3, 0.4) is 0 Å². The fourth-order valence-corrected chi connectivity index (χ4v) is 10.5. The normalized spacial score (nSPS) is 19.9. The van der Waals surface area contributed by atoms with Crippen LogP contribution in [0.2, 0.25) is 16.6 Å². The summed E-state index contributed by atoms with van der Waals surface area (Å²) in [5.74, 6) is 1.51. The topological polar surface area (TPSA) is 51.9 Å². The molecule has 1 aliphatic heterocycles. The van der Waals surface area contributed by atoms with Crippen LogP contribution in [-0.2, 0) is 9.22 Å². The number of nitrogens with zero attached hydrogens (tertiary/aromatic N) is 1. The molecular formula is C23H33NO4Si. The van der Waals surface area contributed by atoms with E-state index in [2.05, 4.69) is 41.5 Å². The van der Waals surface area contributed by atoms with Crippen LogP contribution < -0.4 is 9.64 Å². The minimum atomic E-state index is -2.21. The molecule has 0 bridgehead atoms. The molecule has 2 atom stereocenters. The Kier molecular flexibility index (Phi) is 6.24. The number of rotatable bonds is 8. The molecule has 1 aliphatic rings. The average Bonchev–Trinajstić information content (AvgIpc) is 3.19. The molecule has 1 amide bonds. The lowest BCUT2D eigenvalue weighted by Crippen LogP contribution is -2.65. The zero-order valence-electron chi connectivity index (χ0n) is 18.5. The van der Waals surface area contributed by atoms with Crippen LogP contribution >= 0.6 is 0 Å². The summed E-state index contributed by atoms with van der Waals surface area (Å²) in [6.07, 6.45) is 1.14. The number of carbonyl (C=O) groups is 1. The van der Waals surface area contributed by atoms with Gasteiger partial charge in [0.1, 0.15) is 17.6 Å². The molecule has 0 unspecified atom stereocenters. The van der Waals surface area contributed by atoms with Crippen molar-refractivity contribution in [2.75, 3.05) is 12.0 Å². The summed E-state index contributed by atoms with van der Waals surface area (Å²) in [5.41, 5.74) is 2.04. The molecule has 1 fully saturated rings. The minimum Gasteiger partial charge on any atom is -0.497 e. The van der Waals surface area contributed by atoms with Gasteiger partial charge >= 0.3 is 0 Å². The van der Waals surface area contributed by atoms with E-state index < -0.39 is 14.4 Å². The predicted molar refractivity (Wildman–Crippen MR) is 118 cm³/mol. The van der Waals surface area contributed by atoms with Gasteiger partial charge in [0, 0.05) is 5.69 Å². The Morgan fingerprint density at radius 1 is 0.966 bits per heavy atom. The number of ether oxygens (including phenoxy) is 1. The van der Waals surface area contributed by atoms with Gasteiger partial charge in [-0.3, -0.25) is 9.69 Å². The monoisotopic (exact) mass is 415 g/mol. The van der Waals surface area contributed by atoms with Crippen molar-refractivity contribution in [3.05, 3.63) is 48.4 Å². The standard InChI is InChI=1S/C23H33NO4Si/c1-15(2)29(16(3)4,17(5)6)28-22-21(20-9-8-14-27-20)24(23(22)25)18-10-12-19(26-7)13-11-18/h8-17,21-22H,1-7H3/t21-,22-/m0/s1. The van der Waals surface area contributed by atoms with Gasteiger partial charge in [0.15, 0.2) is 6.10 Å². The van der Waals surface area contributed by atoms with Crippen LogP contribution in [0.15, 0.2) is 47.1 Å². The van der Waals surface area contributed by atoms with Crippen LogP contribution in [0.1, 0.15) is 53.3 Å². The number of methoxy groups -OCH3 is 1. The fourth-order valence-electron chi connectivity index (χ4n) is 4.97. The number of anilines is 1. The third-order valence-electron chi connectivity index (χ3n) is 6.27. The highest BCUT2D eigenvalue weighted by molar-refractivity contribution is 6.77. The third-order valence-corrected chi connectivity index (χ3v) is 12.3. The molecule has 2 aromatic rings. The van der Waals surface area contributed by atoms with Crippen molar-refractivity contribution in [2.24, 2.45) is 0 Å². The van der Waals surface area contributed by atoms with E-state index in [1.807, 2.05) is 36.4 Å². The zero-order valence-corrected chi connectivity index (χ0v) is 19.5. The summed E-state index contributed by atoms with van der Waals surface area (Å²) in [6.45, 7) is 13.4. The molecule has 0 aliphatic carbocycles. The number of furan rings is 1. The molecule has 0 spiro atoms. The van der Waals surface area contributed by atoms with E-state index in [1.54, 1.807) is 18.3 Å². The van der Waals surface area contributed by atoms with Gasteiger partial charge in [-0.1, -0.05) is 41.5 Å². The number of hydrogen-bond acceptors (Lipinski definition) is 4. The highest BCUT2D eigenvalue weighted by Crippen LogP contribution is 2.49. The molecule has 1 saturated heterocycles. The third kappa shape index (κ3) is 3.64. The number of amides is 1. The zero-order chi connectivity index (χ0) is 21.3. The van der Waals surface area contributed by atoms with E-state index in [0.29, 0.717) is 16.6 Å². The highest BCUT2D eigenvalue weighted by atomic mass is 28.4. The number of benzene rings is 1. The van der Waals surface area contributed by atoms with Crippen molar-refractivity contribution >= 4 is 19.9 Å². The van der Waals surface area contributed by atoms with Crippen molar-refractivity contribution in [2.45, 2.75) is 70.3 Å². The fraction of sp³-hybridized carbons (Fsp3) is 0.522. The van der Waals surface area contributed by atoms with E-state index in [0.717, 1.165) is 17.2 Å². The van der Waals surface area contributed by atoms with Gasteiger partial charge in [0.2, 0.25) is 8.32 Å². The second-order valence-electron chi connectivity index (χ2n) is 8.72. The number of carbonyl (C=O) groups excluding carboxylic acids is 1. The van der Waals surface area contributed by atoms with Gasteiger partial charge in [-0.25, -0.2) is 0 Å². The second-order valence-corrected chi connectivity index (χ2v) is 14.1. The molecule has 0 N–H and O–H groups in total. The van der Waals surface area contributed by atoms with Gasteiger partial charge in [0.25, 0.3) is 5.91 Å². The van der Waals surface area contributed by atoms with Gasteiger partial charge < -0.3 is 13.6 Å². The molecule has 158 valence electrons. The first-order chi connectivity index (χ1) is 13.7. The highest BCUT2D eigenvalue weighted by Gasteiger charge is 2.57. The smallest absolute Gasteiger partial charge is 0.258 e. The summed E-state index contributed by atoms with van der Waals surface area (Å²) in [5, 5.41) is 0. The Morgan fingerprint density at radius 3 is 2.00 bits per heavy atom. The predicted octanol–water partition coefficient (Wildman–Crippen LogP) is 5.94. The SMILES string of the molecule is COc1ccc(N2C(=O)[C@@H](O[Si](C(C)C)(C(C)C)C(C)C)[C@@H]2c2ccco2)cc1. The molecule has 2 heterocycles. The largest absolute Gasteiger partial charge is 0.497 e. The second kappa shape index (κ2) is 8.36. The van der Waals surface area contributed by atoms with E-state index in [-0.39, 0.29) is 11.9 Å². The van der Waals surface area contributed by atoms with Crippen molar-refractivity contribution in [1.82, 2.24) is 0 Å². The Balaban J connectivity index is 1.97. The molecule has 3 rings (SSSR count). The Labute approximate surface area is 175 Å². The van der Waals surface area contributed by atoms with E-state index in [4.69, 9.17) is 13.6 Å². The minimum absolute atomic E-state index is 0.00427. The van der Waals surface area contributed by atoms with Crippen LogP contribution in [0.25, 0.3) is 0 Å². The van der Waals surface area contributed by atoms with E-state index >= 15 is 0 Å². The maximum atomic E-state index is 13.3. The molecule has 0 radical (unpaired) electrons. The van der Waals surface area contributed by atoms with Crippen LogP contribution in [0.4, 0.5) is 5.69 Å². The lowest BCUT2D eigenvalue weighted by molar-refractivity contribution is -0.136.